The number of hydrogen-bond donors (Lipinski definition) is 1. The molecule has 0 radical (unpaired) electrons. The molecule has 6 heteroatoms. The maximum Gasteiger partial charge on any atom is 0.253 e. The molecule has 3 rings (SSSR count). The van der Waals surface area contributed by atoms with Crippen LogP contribution in [0.25, 0.3) is 0 Å². The summed E-state index contributed by atoms with van der Waals surface area (Å²) in [6.45, 7) is 6.46. The Morgan fingerprint density at radius 1 is 1.28 bits per heavy atom. The molecule has 0 aliphatic heterocycles. The van der Waals surface area contributed by atoms with Crippen LogP contribution in [0.5, 0.6) is 0 Å². The van der Waals surface area contributed by atoms with E-state index in [9.17, 15) is 4.79 Å². The molecule has 0 unspecified atom stereocenters. The number of rotatable bonds is 3. The van der Waals surface area contributed by atoms with Gasteiger partial charge in [0.15, 0.2) is 0 Å². The first kappa shape index (κ1) is 17.5. The monoisotopic (exact) mass is 341 g/mol. The van der Waals surface area contributed by atoms with E-state index in [1.165, 1.54) is 5.69 Å². The third kappa shape index (κ3) is 3.52. The molecule has 0 fully saturated rings. The van der Waals surface area contributed by atoms with Gasteiger partial charge < -0.3 is 10.2 Å². The third-order valence-electron chi connectivity index (χ3n) is 4.59. The van der Waals surface area contributed by atoms with Crippen LogP contribution in [0, 0.1) is 0 Å². The van der Waals surface area contributed by atoms with E-state index in [1.807, 2.05) is 37.3 Å². The first-order valence-electron chi connectivity index (χ1n) is 8.79. The van der Waals surface area contributed by atoms with Crippen LogP contribution < -0.4 is 10.2 Å². The number of hydrogen-bond acceptors (Lipinski definition) is 4. The standard InChI is InChI=1S/C19H27N5O/c1-19(2,3)24-16-8-6-7-15(14(16)12-21-24)22-18(25)13-9-10-17(20-11-13)23(4)5/h9-12,15H,6-8H2,1-5H3,(H,22,25)/t15-/m1/s1. The highest BCUT2D eigenvalue weighted by molar-refractivity contribution is 5.94. The van der Waals surface area contributed by atoms with Gasteiger partial charge >= 0.3 is 0 Å². The molecule has 0 bridgehead atoms. The van der Waals surface area contributed by atoms with Crippen molar-refractivity contribution in [3.05, 3.63) is 41.3 Å². The number of carbonyl (C=O) groups excluding carboxylic acids is 1. The van der Waals surface area contributed by atoms with Gasteiger partial charge in [0.25, 0.3) is 5.91 Å². The fourth-order valence-corrected chi connectivity index (χ4v) is 3.31. The summed E-state index contributed by atoms with van der Waals surface area (Å²) in [6.07, 6.45) is 6.55. The van der Waals surface area contributed by atoms with E-state index in [2.05, 4.69) is 40.9 Å². The molecule has 1 N–H and O–H groups in total. The number of pyridine rings is 1. The lowest BCUT2D eigenvalue weighted by Crippen LogP contribution is -2.32. The second-order valence-corrected chi connectivity index (χ2v) is 7.85. The second-order valence-electron chi connectivity index (χ2n) is 7.85. The smallest absolute Gasteiger partial charge is 0.253 e. The molecule has 0 saturated carbocycles. The van der Waals surface area contributed by atoms with Gasteiger partial charge in [-0.15, -0.1) is 0 Å². The molecule has 2 aromatic heterocycles. The number of amides is 1. The molecule has 1 atom stereocenters. The van der Waals surface area contributed by atoms with Gasteiger partial charge in [-0.2, -0.15) is 5.10 Å². The molecule has 2 aromatic rings. The zero-order valence-corrected chi connectivity index (χ0v) is 15.7. The van der Waals surface area contributed by atoms with E-state index in [0.29, 0.717) is 5.56 Å². The van der Waals surface area contributed by atoms with Gasteiger partial charge in [0, 0.05) is 31.5 Å². The van der Waals surface area contributed by atoms with Crippen LogP contribution in [0.15, 0.2) is 24.5 Å². The van der Waals surface area contributed by atoms with Crippen LogP contribution in [0.4, 0.5) is 5.82 Å². The average Bonchev–Trinajstić information content (AvgIpc) is 3.00. The second kappa shape index (κ2) is 6.50. The topological polar surface area (TPSA) is 63.1 Å². The lowest BCUT2D eigenvalue weighted by Gasteiger charge is -2.28. The predicted molar refractivity (Wildman–Crippen MR) is 98.9 cm³/mol. The van der Waals surface area contributed by atoms with Crippen molar-refractivity contribution in [2.24, 2.45) is 0 Å². The van der Waals surface area contributed by atoms with Gasteiger partial charge in [0.1, 0.15) is 5.82 Å². The molecule has 1 aliphatic rings. The highest BCUT2D eigenvalue weighted by atomic mass is 16.1. The Morgan fingerprint density at radius 2 is 2.04 bits per heavy atom. The van der Waals surface area contributed by atoms with Crippen molar-refractivity contribution >= 4 is 11.7 Å². The average molecular weight is 341 g/mol. The number of nitrogens with one attached hydrogen (secondary N) is 1. The van der Waals surface area contributed by atoms with Crippen molar-refractivity contribution in [3.8, 4) is 0 Å². The third-order valence-corrected chi connectivity index (χ3v) is 4.59. The summed E-state index contributed by atoms with van der Waals surface area (Å²) < 4.78 is 2.09. The first-order valence-corrected chi connectivity index (χ1v) is 8.79. The highest BCUT2D eigenvalue weighted by Gasteiger charge is 2.29. The number of nitrogens with zero attached hydrogens (tertiary/aromatic N) is 4. The van der Waals surface area contributed by atoms with Crippen LogP contribution >= 0.6 is 0 Å². The Bertz CT molecular complexity index is 755. The van der Waals surface area contributed by atoms with E-state index in [1.54, 1.807) is 6.20 Å². The maximum absolute atomic E-state index is 12.6. The van der Waals surface area contributed by atoms with Crippen molar-refractivity contribution in [1.82, 2.24) is 20.1 Å². The molecule has 0 spiro atoms. The minimum Gasteiger partial charge on any atom is -0.363 e. The molecule has 1 amide bonds. The summed E-state index contributed by atoms with van der Waals surface area (Å²) in [5.74, 6) is 0.752. The van der Waals surface area contributed by atoms with Crippen molar-refractivity contribution in [1.29, 1.82) is 0 Å². The quantitative estimate of drug-likeness (QED) is 0.932. The molecule has 6 nitrogen and oxygen atoms in total. The highest BCUT2D eigenvalue weighted by Crippen LogP contribution is 2.32. The molecule has 134 valence electrons. The maximum atomic E-state index is 12.6. The first-order chi connectivity index (χ1) is 11.8. The SMILES string of the molecule is CN(C)c1ccc(C(=O)N[C@@H]2CCCc3c2cnn3C(C)(C)C)cn1. The summed E-state index contributed by atoms with van der Waals surface area (Å²) in [5, 5.41) is 7.74. The van der Waals surface area contributed by atoms with E-state index >= 15 is 0 Å². The molecular formula is C19H27N5O. The van der Waals surface area contributed by atoms with Gasteiger partial charge in [0.05, 0.1) is 23.3 Å². The van der Waals surface area contributed by atoms with Gasteiger partial charge in [-0.3, -0.25) is 9.48 Å². The van der Waals surface area contributed by atoms with Gasteiger partial charge in [0.2, 0.25) is 0 Å². The van der Waals surface area contributed by atoms with E-state index in [4.69, 9.17) is 0 Å². The number of carbonyl (C=O) groups is 1. The summed E-state index contributed by atoms with van der Waals surface area (Å²) in [4.78, 5) is 18.9. The molecule has 0 aromatic carbocycles. The fraction of sp³-hybridized carbons (Fsp3) is 0.526. The largest absolute Gasteiger partial charge is 0.363 e. The van der Waals surface area contributed by atoms with Crippen molar-refractivity contribution < 1.29 is 4.79 Å². The zero-order valence-electron chi connectivity index (χ0n) is 15.7. The minimum atomic E-state index is -0.0841. The van der Waals surface area contributed by atoms with Gasteiger partial charge in [-0.05, 0) is 52.2 Å². The van der Waals surface area contributed by atoms with Crippen LogP contribution in [0.3, 0.4) is 0 Å². The Morgan fingerprint density at radius 3 is 2.64 bits per heavy atom. The van der Waals surface area contributed by atoms with Crippen LogP contribution in [-0.2, 0) is 12.0 Å². The number of fused-ring (bicyclic) bond motifs is 1. The van der Waals surface area contributed by atoms with Gasteiger partial charge in [-0.1, -0.05) is 0 Å². The Labute approximate surface area is 149 Å². The number of anilines is 1. The normalized spacial score (nSPS) is 17.1. The number of aromatic nitrogens is 3. The lowest BCUT2D eigenvalue weighted by molar-refractivity contribution is 0.0932. The lowest BCUT2D eigenvalue weighted by atomic mass is 9.92. The Kier molecular flexibility index (Phi) is 4.54. The van der Waals surface area contributed by atoms with Crippen molar-refractivity contribution in [2.75, 3.05) is 19.0 Å². The molecule has 0 saturated heterocycles. The van der Waals surface area contributed by atoms with Crippen LogP contribution in [0.2, 0.25) is 0 Å². The Balaban J connectivity index is 1.78. The fourth-order valence-electron chi connectivity index (χ4n) is 3.31. The van der Waals surface area contributed by atoms with E-state index < -0.39 is 0 Å². The molecule has 1 aliphatic carbocycles. The van der Waals surface area contributed by atoms with Crippen LogP contribution in [-0.4, -0.2) is 34.8 Å². The van der Waals surface area contributed by atoms with E-state index in [0.717, 1.165) is 30.6 Å². The van der Waals surface area contributed by atoms with Crippen molar-refractivity contribution in [2.45, 2.75) is 51.6 Å². The Hall–Kier alpha value is -2.37. The zero-order chi connectivity index (χ0) is 18.2. The summed E-state index contributed by atoms with van der Waals surface area (Å²) in [6, 6.07) is 3.69. The summed E-state index contributed by atoms with van der Waals surface area (Å²) in [7, 11) is 3.86. The van der Waals surface area contributed by atoms with Gasteiger partial charge in [-0.25, -0.2) is 4.98 Å². The van der Waals surface area contributed by atoms with Crippen molar-refractivity contribution in [3.63, 3.8) is 0 Å². The van der Waals surface area contributed by atoms with E-state index in [-0.39, 0.29) is 17.5 Å². The summed E-state index contributed by atoms with van der Waals surface area (Å²) in [5.41, 5.74) is 2.92. The summed E-state index contributed by atoms with van der Waals surface area (Å²) >= 11 is 0. The minimum absolute atomic E-state index is 0.0147. The van der Waals surface area contributed by atoms with Crippen LogP contribution in [0.1, 0.15) is 61.3 Å². The molecule has 25 heavy (non-hydrogen) atoms. The molecular weight excluding hydrogens is 314 g/mol. The molecule has 2 heterocycles. The predicted octanol–water partition coefficient (Wildman–Crippen LogP) is 2.91.